The van der Waals surface area contributed by atoms with Crippen LogP contribution in [-0.2, 0) is 14.2 Å². The van der Waals surface area contributed by atoms with Crippen LogP contribution in [-0.4, -0.2) is 61.2 Å². The number of aliphatic hydroxyl groups excluding tert-OH is 2. The average Bonchev–Trinajstić information content (AvgIpc) is 2.25. The molecule has 16 heavy (non-hydrogen) atoms. The Labute approximate surface area is 95.3 Å². The van der Waals surface area contributed by atoms with Crippen LogP contribution < -0.4 is 5.73 Å². The smallest absolute Gasteiger partial charge is 0.184 e. The lowest BCUT2D eigenvalue weighted by Crippen LogP contribution is -2.47. The quantitative estimate of drug-likeness (QED) is 0.502. The van der Waals surface area contributed by atoms with E-state index in [2.05, 4.69) is 0 Å². The predicted molar refractivity (Wildman–Crippen MR) is 56.8 cm³/mol. The second-order valence-electron chi connectivity index (χ2n) is 3.85. The molecule has 1 fully saturated rings. The van der Waals surface area contributed by atoms with Crippen molar-refractivity contribution < 1.29 is 24.4 Å². The van der Waals surface area contributed by atoms with Gasteiger partial charge in [0.15, 0.2) is 6.29 Å². The Balaban J connectivity index is 2.16. The Morgan fingerprint density at radius 2 is 2.00 bits per heavy atom. The van der Waals surface area contributed by atoms with Gasteiger partial charge in [0.1, 0.15) is 6.10 Å². The molecule has 0 amide bonds. The van der Waals surface area contributed by atoms with Crippen molar-refractivity contribution >= 4 is 0 Å². The first kappa shape index (κ1) is 13.8. The number of hydrogen-bond acceptors (Lipinski definition) is 6. The molecule has 0 aromatic carbocycles. The summed E-state index contributed by atoms with van der Waals surface area (Å²) >= 11 is 0. The van der Waals surface area contributed by atoms with Crippen LogP contribution in [0, 0.1) is 0 Å². The van der Waals surface area contributed by atoms with Gasteiger partial charge >= 0.3 is 0 Å². The van der Waals surface area contributed by atoms with Crippen LogP contribution >= 0.6 is 0 Å². The largest absolute Gasteiger partial charge is 0.390 e. The first-order valence-corrected chi connectivity index (χ1v) is 5.56. The molecule has 0 unspecified atom stereocenters. The molecule has 1 aliphatic heterocycles. The maximum atomic E-state index is 9.59. The molecule has 0 aromatic heterocycles. The highest BCUT2D eigenvalue weighted by Crippen LogP contribution is 2.20. The number of nitrogens with two attached hydrogens (primary N) is 1. The molecule has 0 spiro atoms. The molecule has 0 radical (unpaired) electrons. The molecule has 4 atom stereocenters. The third-order valence-electron chi connectivity index (χ3n) is 2.46. The van der Waals surface area contributed by atoms with Crippen LogP contribution in [0.15, 0.2) is 0 Å². The van der Waals surface area contributed by atoms with Crippen LogP contribution in [0.3, 0.4) is 0 Å². The number of ether oxygens (including phenoxy) is 3. The van der Waals surface area contributed by atoms with Gasteiger partial charge in [0.25, 0.3) is 0 Å². The fraction of sp³-hybridized carbons (Fsp3) is 1.00. The van der Waals surface area contributed by atoms with Crippen molar-refractivity contribution in [1.82, 2.24) is 0 Å². The van der Waals surface area contributed by atoms with Crippen molar-refractivity contribution in [2.24, 2.45) is 5.73 Å². The molecule has 0 saturated carbocycles. The fourth-order valence-corrected chi connectivity index (χ4v) is 1.50. The molecule has 0 bridgehead atoms. The summed E-state index contributed by atoms with van der Waals surface area (Å²) < 4.78 is 15.7. The van der Waals surface area contributed by atoms with E-state index in [0.717, 1.165) is 0 Å². The Bertz CT molecular complexity index is 192. The summed E-state index contributed by atoms with van der Waals surface area (Å²) in [6, 6.07) is 0. The molecular formula is C10H21NO5. The van der Waals surface area contributed by atoms with Crippen LogP contribution in [0.25, 0.3) is 0 Å². The average molecular weight is 235 g/mol. The van der Waals surface area contributed by atoms with Gasteiger partial charge in [0.2, 0.25) is 0 Å². The Morgan fingerprint density at radius 1 is 1.25 bits per heavy atom. The van der Waals surface area contributed by atoms with E-state index >= 15 is 0 Å². The second-order valence-corrected chi connectivity index (χ2v) is 3.85. The van der Waals surface area contributed by atoms with Crippen molar-refractivity contribution in [2.75, 3.05) is 26.4 Å². The predicted octanol–water partition coefficient (Wildman–Crippen LogP) is -1.16. The zero-order chi connectivity index (χ0) is 12.0. The minimum Gasteiger partial charge on any atom is -0.390 e. The molecule has 0 aromatic rings. The molecule has 6 heteroatoms. The SMILES string of the molecule is C[C@@H]1O[C@@H](OCCOCCN)[C@H](O)C[C@H]1O. The summed E-state index contributed by atoms with van der Waals surface area (Å²) in [6.45, 7) is 3.47. The molecule has 1 rings (SSSR count). The summed E-state index contributed by atoms with van der Waals surface area (Å²) in [5, 5.41) is 19.0. The van der Waals surface area contributed by atoms with Gasteiger partial charge in [-0.3, -0.25) is 0 Å². The van der Waals surface area contributed by atoms with Gasteiger partial charge in [-0.2, -0.15) is 0 Å². The highest BCUT2D eigenvalue weighted by Gasteiger charge is 2.34. The standard InChI is InChI=1S/C10H21NO5/c1-7-8(12)6-9(13)10(16-7)15-5-4-14-3-2-11/h7-10,12-13H,2-6,11H2,1H3/t7-,8+,9+,10+/m0/s1. The third kappa shape index (κ3) is 4.32. The van der Waals surface area contributed by atoms with Crippen molar-refractivity contribution in [3.8, 4) is 0 Å². The van der Waals surface area contributed by atoms with Gasteiger partial charge in [-0.25, -0.2) is 0 Å². The monoisotopic (exact) mass is 235 g/mol. The molecule has 1 aliphatic rings. The van der Waals surface area contributed by atoms with Gasteiger partial charge in [-0.05, 0) is 6.92 Å². The molecule has 96 valence electrons. The summed E-state index contributed by atoms with van der Waals surface area (Å²) in [5.41, 5.74) is 5.25. The lowest BCUT2D eigenvalue weighted by molar-refractivity contribution is -0.263. The van der Waals surface area contributed by atoms with Crippen molar-refractivity contribution in [3.05, 3.63) is 0 Å². The van der Waals surface area contributed by atoms with E-state index in [1.807, 2.05) is 0 Å². The zero-order valence-corrected chi connectivity index (χ0v) is 9.54. The maximum absolute atomic E-state index is 9.59. The van der Waals surface area contributed by atoms with E-state index < -0.39 is 18.5 Å². The normalized spacial score (nSPS) is 35.2. The molecular weight excluding hydrogens is 214 g/mol. The topological polar surface area (TPSA) is 94.2 Å². The zero-order valence-electron chi connectivity index (χ0n) is 9.54. The molecule has 6 nitrogen and oxygen atoms in total. The Morgan fingerprint density at radius 3 is 2.69 bits per heavy atom. The van der Waals surface area contributed by atoms with Gasteiger partial charge in [-0.1, -0.05) is 0 Å². The number of hydrogen-bond donors (Lipinski definition) is 3. The number of rotatable bonds is 6. The van der Waals surface area contributed by atoms with Gasteiger partial charge in [-0.15, -0.1) is 0 Å². The Hall–Kier alpha value is -0.240. The lowest BCUT2D eigenvalue weighted by Gasteiger charge is -2.35. The van der Waals surface area contributed by atoms with E-state index in [1.54, 1.807) is 6.92 Å². The summed E-state index contributed by atoms with van der Waals surface area (Å²) in [5.74, 6) is 0. The first-order valence-electron chi connectivity index (χ1n) is 5.56. The summed E-state index contributed by atoms with van der Waals surface area (Å²) in [4.78, 5) is 0. The highest BCUT2D eigenvalue weighted by molar-refractivity contribution is 4.78. The van der Waals surface area contributed by atoms with Gasteiger partial charge in [0.05, 0.1) is 32.0 Å². The van der Waals surface area contributed by atoms with Crippen LogP contribution in [0.5, 0.6) is 0 Å². The molecule has 1 saturated heterocycles. The van der Waals surface area contributed by atoms with Gasteiger partial charge < -0.3 is 30.2 Å². The first-order chi connectivity index (χ1) is 7.65. The Kier molecular flexibility index (Phi) is 6.18. The van der Waals surface area contributed by atoms with E-state index in [-0.39, 0.29) is 12.5 Å². The second kappa shape index (κ2) is 7.16. The lowest BCUT2D eigenvalue weighted by atomic mass is 10.0. The van der Waals surface area contributed by atoms with Crippen molar-refractivity contribution in [1.29, 1.82) is 0 Å². The van der Waals surface area contributed by atoms with Crippen molar-refractivity contribution in [2.45, 2.75) is 37.9 Å². The van der Waals surface area contributed by atoms with E-state index in [0.29, 0.717) is 26.4 Å². The van der Waals surface area contributed by atoms with E-state index in [4.69, 9.17) is 19.9 Å². The highest BCUT2D eigenvalue weighted by atomic mass is 16.7. The summed E-state index contributed by atoms with van der Waals surface area (Å²) in [6.07, 6.45) is -2.16. The minimum atomic E-state index is -0.791. The van der Waals surface area contributed by atoms with Crippen LogP contribution in [0.4, 0.5) is 0 Å². The van der Waals surface area contributed by atoms with Crippen LogP contribution in [0.1, 0.15) is 13.3 Å². The molecule has 0 aliphatic carbocycles. The van der Waals surface area contributed by atoms with Crippen molar-refractivity contribution in [3.63, 3.8) is 0 Å². The third-order valence-corrected chi connectivity index (χ3v) is 2.46. The fourth-order valence-electron chi connectivity index (χ4n) is 1.50. The summed E-state index contributed by atoms with van der Waals surface area (Å²) in [7, 11) is 0. The molecule has 1 heterocycles. The number of aliphatic hydroxyl groups is 2. The van der Waals surface area contributed by atoms with E-state index in [1.165, 1.54) is 0 Å². The van der Waals surface area contributed by atoms with E-state index in [9.17, 15) is 10.2 Å². The molecule has 4 N–H and O–H groups in total. The minimum absolute atomic E-state index is 0.273. The van der Waals surface area contributed by atoms with Crippen LogP contribution in [0.2, 0.25) is 0 Å². The van der Waals surface area contributed by atoms with Gasteiger partial charge in [0, 0.05) is 13.0 Å². The maximum Gasteiger partial charge on any atom is 0.184 e.